The Morgan fingerprint density at radius 3 is 2.59 bits per heavy atom. The maximum absolute atomic E-state index is 12.1. The van der Waals surface area contributed by atoms with Crippen LogP contribution in [0.15, 0.2) is 30.4 Å². The van der Waals surface area contributed by atoms with Crippen molar-refractivity contribution < 1.29 is 4.79 Å². The topological polar surface area (TPSA) is 41.1 Å². The highest BCUT2D eigenvalue weighted by atomic mass is 16.2. The second-order valence-electron chi connectivity index (χ2n) is 4.42. The lowest BCUT2D eigenvalue weighted by Crippen LogP contribution is -2.42. The van der Waals surface area contributed by atoms with Gasteiger partial charge >= 0.3 is 0 Å². The minimum Gasteiger partial charge on any atom is -0.324 e. The van der Waals surface area contributed by atoms with Crippen LogP contribution in [-0.4, -0.2) is 18.5 Å². The lowest BCUT2D eigenvalue weighted by molar-refractivity contribution is -0.118. The van der Waals surface area contributed by atoms with E-state index in [-0.39, 0.29) is 11.9 Å². The van der Waals surface area contributed by atoms with Gasteiger partial charge in [0.15, 0.2) is 0 Å². The van der Waals surface area contributed by atoms with Gasteiger partial charge in [-0.05, 0) is 31.4 Å². The van der Waals surface area contributed by atoms with Crippen LogP contribution in [0.2, 0.25) is 0 Å². The molecule has 0 saturated heterocycles. The van der Waals surface area contributed by atoms with E-state index in [1.807, 2.05) is 44.2 Å². The Morgan fingerprint density at radius 2 is 2.00 bits per heavy atom. The predicted molar refractivity (Wildman–Crippen MR) is 70.1 cm³/mol. The van der Waals surface area contributed by atoms with Crippen molar-refractivity contribution in [2.24, 2.45) is 0 Å². The fourth-order valence-electron chi connectivity index (χ4n) is 2.03. The average Bonchev–Trinajstić information content (AvgIpc) is 2.35. The number of para-hydroxylation sites is 1. The molecule has 0 aliphatic carbocycles. The Balaban J connectivity index is 2.10. The number of hydrogen-bond acceptors (Lipinski definition) is 2. The zero-order chi connectivity index (χ0) is 12.3. The van der Waals surface area contributed by atoms with E-state index in [9.17, 15) is 4.79 Å². The third-order valence-corrected chi connectivity index (χ3v) is 3.07. The van der Waals surface area contributed by atoms with Crippen LogP contribution in [0.1, 0.15) is 17.5 Å². The molecule has 3 heteroatoms. The lowest BCUT2D eigenvalue weighted by atomic mass is 10.1. The molecule has 0 unspecified atom stereocenters. The largest absolute Gasteiger partial charge is 0.324 e. The summed E-state index contributed by atoms with van der Waals surface area (Å²) in [6.45, 7) is 4.79. The first kappa shape index (κ1) is 11.9. The smallest absolute Gasteiger partial charge is 0.241 e. The Kier molecular flexibility index (Phi) is 3.59. The summed E-state index contributed by atoms with van der Waals surface area (Å²) >= 11 is 0. The SMILES string of the molecule is Cc1cccc(C)c1NC(=O)[C@@H]1CC=CCN1. The summed E-state index contributed by atoms with van der Waals surface area (Å²) in [5.41, 5.74) is 3.14. The number of nitrogens with one attached hydrogen (secondary N) is 2. The van der Waals surface area contributed by atoms with Crippen molar-refractivity contribution in [3.05, 3.63) is 41.5 Å². The second-order valence-corrected chi connectivity index (χ2v) is 4.42. The monoisotopic (exact) mass is 230 g/mol. The van der Waals surface area contributed by atoms with Gasteiger partial charge in [-0.25, -0.2) is 0 Å². The van der Waals surface area contributed by atoms with E-state index in [2.05, 4.69) is 10.6 Å². The average molecular weight is 230 g/mol. The zero-order valence-electron chi connectivity index (χ0n) is 10.3. The summed E-state index contributed by atoms with van der Waals surface area (Å²) in [6.07, 6.45) is 4.85. The number of benzene rings is 1. The zero-order valence-corrected chi connectivity index (χ0v) is 10.3. The molecule has 0 saturated carbocycles. The van der Waals surface area contributed by atoms with Crippen molar-refractivity contribution in [1.29, 1.82) is 0 Å². The number of carbonyl (C=O) groups excluding carboxylic acids is 1. The van der Waals surface area contributed by atoms with Crippen LogP contribution in [0.25, 0.3) is 0 Å². The Morgan fingerprint density at radius 1 is 1.29 bits per heavy atom. The molecule has 17 heavy (non-hydrogen) atoms. The maximum atomic E-state index is 12.1. The highest BCUT2D eigenvalue weighted by molar-refractivity contribution is 5.96. The van der Waals surface area contributed by atoms with Gasteiger partial charge in [0.2, 0.25) is 5.91 Å². The van der Waals surface area contributed by atoms with Gasteiger partial charge in [0.25, 0.3) is 0 Å². The molecule has 1 amide bonds. The highest BCUT2D eigenvalue weighted by Crippen LogP contribution is 2.19. The van der Waals surface area contributed by atoms with Gasteiger partial charge in [0.1, 0.15) is 0 Å². The Bertz CT molecular complexity index is 431. The van der Waals surface area contributed by atoms with E-state index in [4.69, 9.17) is 0 Å². The van der Waals surface area contributed by atoms with Crippen LogP contribution >= 0.6 is 0 Å². The molecule has 0 fully saturated rings. The second kappa shape index (κ2) is 5.15. The fraction of sp³-hybridized carbons (Fsp3) is 0.357. The van der Waals surface area contributed by atoms with Crippen molar-refractivity contribution in [1.82, 2.24) is 5.32 Å². The molecule has 1 aliphatic heterocycles. The molecule has 1 atom stereocenters. The molecule has 90 valence electrons. The molecule has 1 aliphatic rings. The Hall–Kier alpha value is -1.61. The van der Waals surface area contributed by atoms with E-state index in [1.54, 1.807) is 0 Å². The van der Waals surface area contributed by atoms with Crippen LogP contribution in [0.3, 0.4) is 0 Å². The van der Waals surface area contributed by atoms with Crippen molar-refractivity contribution >= 4 is 11.6 Å². The predicted octanol–water partition coefficient (Wildman–Crippen LogP) is 2.16. The molecular formula is C14H18N2O. The number of hydrogen-bond donors (Lipinski definition) is 2. The minimum absolute atomic E-state index is 0.0479. The third kappa shape index (κ3) is 2.74. The molecule has 0 bridgehead atoms. The number of aryl methyl sites for hydroxylation is 2. The molecule has 2 rings (SSSR count). The maximum Gasteiger partial charge on any atom is 0.241 e. The van der Waals surface area contributed by atoms with Gasteiger partial charge in [-0.1, -0.05) is 30.4 Å². The molecule has 0 aromatic heterocycles. The molecule has 3 nitrogen and oxygen atoms in total. The van der Waals surface area contributed by atoms with E-state index < -0.39 is 0 Å². The van der Waals surface area contributed by atoms with Crippen LogP contribution in [0.4, 0.5) is 5.69 Å². The summed E-state index contributed by atoms with van der Waals surface area (Å²) in [5.74, 6) is 0.0479. The molecule has 2 N–H and O–H groups in total. The van der Waals surface area contributed by atoms with Gasteiger partial charge < -0.3 is 10.6 Å². The van der Waals surface area contributed by atoms with E-state index in [0.29, 0.717) is 0 Å². The summed E-state index contributed by atoms with van der Waals surface area (Å²) in [5, 5.41) is 6.19. The van der Waals surface area contributed by atoms with Crippen molar-refractivity contribution in [3.63, 3.8) is 0 Å². The number of amides is 1. The number of rotatable bonds is 2. The van der Waals surface area contributed by atoms with Crippen LogP contribution < -0.4 is 10.6 Å². The minimum atomic E-state index is -0.112. The van der Waals surface area contributed by atoms with Crippen molar-refractivity contribution in [2.45, 2.75) is 26.3 Å². The van der Waals surface area contributed by atoms with E-state index in [0.717, 1.165) is 29.8 Å². The first-order valence-corrected chi connectivity index (χ1v) is 5.94. The first-order valence-electron chi connectivity index (χ1n) is 5.94. The molecular weight excluding hydrogens is 212 g/mol. The van der Waals surface area contributed by atoms with Gasteiger partial charge in [-0.3, -0.25) is 4.79 Å². The van der Waals surface area contributed by atoms with Crippen LogP contribution in [-0.2, 0) is 4.79 Å². The van der Waals surface area contributed by atoms with Gasteiger partial charge in [-0.2, -0.15) is 0 Å². The third-order valence-electron chi connectivity index (χ3n) is 3.07. The highest BCUT2D eigenvalue weighted by Gasteiger charge is 2.19. The lowest BCUT2D eigenvalue weighted by Gasteiger charge is -2.20. The molecule has 1 aromatic rings. The number of anilines is 1. The number of carbonyl (C=O) groups is 1. The molecule has 0 radical (unpaired) electrons. The summed E-state index contributed by atoms with van der Waals surface area (Å²) in [6, 6.07) is 5.91. The van der Waals surface area contributed by atoms with Crippen LogP contribution in [0.5, 0.6) is 0 Å². The fourth-order valence-corrected chi connectivity index (χ4v) is 2.03. The molecule has 1 aromatic carbocycles. The summed E-state index contributed by atoms with van der Waals surface area (Å²) in [4.78, 5) is 12.1. The summed E-state index contributed by atoms with van der Waals surface area (Å²) < 4.78 is 0. The Labute approximate surface area is 102 Å². The van der Waals surface area contributed by atoms with Crippen LogP contribution in [0, 0.1) is 13.8 Å². The first-order chi connectivity index (χ1) is 8.18. The van der Waals surface area contributed by atoms with Gasteiger partial charge in [0.05, 0.1) is 6.04 Å². The van der Waals surface area contributed by atoms with Crippen molar-refractivity contribution in [2.75, 3.05) is 11.9 Å². The standard InChI is InChI=1S/C14H18N2O/c1-10-6-5-7-11(2)13(10)16-14(17)12-8-3-4-9-15-12/h3-7,12,15H,8-9H2,1-2H3,(H,16,17)/t12-/m0/s1. The van der Waals surface area contributed by atoms with Gasteiger partial charge in [0, 0.05) is 12.2 Å². The summed E-state index contributed by atoms with van der Waals surface area (Å²) in [7, 11) is 0. The quantitative estimate of drug-likeness (QED) is 0.764. The van der Waals surface area contributed by atoms with Crippen molar-refractivity contribution in [3.8, 4) is 0 Å². The normalized spacial score (nSPS) is 19.1. The molecule has 1 heterocycles. The molecule has 0 spiro atoms. The van der Waals surface area contributed by atoms with E-state index >= 15 is 0 Å². The van der Waals surface area contributed by atoms with Gasteiger partial charge in [-0.15, -0.1) is 0 Å². The van der Waals surface area contributed by atoms with E-state index in [1.165, 1.54) is 0 Å².